The molecule has 2 N–H and O–H groups in total. The number of benzene rings is 5. The molecule has 5 aromatic carbocycles. The van der Waals surface area contributed by atoms with E-state index in [-0.39, 0.29) is 5.97 Å². The van der Waals surface area contributed by atoms with Crippen LogP contribution in [0.1, 0.15) is 68.6 Å². The van der Waals surface area contributed by atoms with Crippen molar-refractivity contribution in [2.45, 2.75) is 71.1 Å². The molecule has 3 aromatic heterocycles. The molecule has 0 fully saturated rings. The Hall–Kier alpha value is -6.79. The third kappa shape index (κ3) is 7.52. The second-order valence-corrected chi connectivity index (χ2v) is 16.4. The number of nitrogens with zero attached hydrogens (tertiary/aromatic N) is 2. The molecule has 8 aromatic rings. The van der Waals surface area contributed by atoms with Gasteiger partial charge in [-0.2, -0.15) is 0 Å². The highest BCUT2D eigenvalue weighted by molar-refractivity contribution is 6.11. The van der Waals surface area contributed by atoms with Crippen molar-refractivity contribution in [1.82, 2.24) is 19.9 Å². The van der Waals surface area contributed by atoms with Crippen LogP contribution in [-0.4, -0.2) is 32.5 Å². The zero-order valence-electron chi connectivity index (χ0n) is 34.8. The Bertz CT molecular complexity index is 3090. The van der Waals surface area contributed by atoms with E-state index in [4.69, 9.17) is 14.7 Å². The summed E-state index contributed by atoms with van der Waals surface area (Å²) < 4.78 is 5.77. The second-order valence-electron chi connectivity index (χ2n) is 16.4. The minimum absolute atomic E-state index is 0.114. The average molecular weight is 799 g/mol. The van der Waals surface area contributed by atoms with Crippen LogP contribution in [0.5, 0.6) is 0 Å². The number of aryl methyl sites for hydroxylation is 3. The number of carbonyl (C=O) groups is 1. The highest BCUT2D eigenvalue weighted by atomic mass is 16.5. The van der Waals surface area contributed by atoms with E-state index in [0.29, 0.717) is 13.0 Å². The first-order valence-electron chi connectivity index (χ1n) is 22.1. The molecule has 61 heavy (non-hydrogen) atoms. The summed E-state index contributed by atoms with van der Waals surface area (Å²) in [6.07, 6.45) is 8.63. The maximum atomic E-state index is 12.7. The molecule has 0 radical (unpaired) electrons. The lowest BCUT2D eigenvalue weighted by Crippen LogP contribution is -2.06. The van der Waals surface area contributed by atoms with Crippen LogP contribution >= 0.6 is 0 Å². The Balaban J connectivity index is 1.11. The van der Waals surface area contributed by atoms with E-state index in [1.807, 2.05) is 6.07 Å². The van der Waals surface area contributed by atoms with Gasteiger partial charge in [-0.15, -0.1) is 0 Å². The highest BCUT2D eigenvalue weighted by Crippen LogP contribution is 2.43. The van der Waals surface area contributed by atoms with Crippen molar-refractivity contribution in [2.24, 2.45) is 0 Å². The van der Waals surface area contributed by atoms with E-state index in [0.717, 1.165) is 141 Å². The van der Waals surface area contributed by atoms with Crippen molar-refractivity contribution in [2.75, 3.05) is 6.61 Å². The zero-order chi connectivity index (χ0) is 41.1. The lowest BCUT2D eigenvalue weighted by atomic mass is 9.97. The molecule has 8 bridgehead atoms. The first-order chi connectivity index (χ1) is 30.1. The predicted octanol–water partition coefficient (Wildman–Crippen LogP) is 13.9. The number of aromatic amines is 2. The number of hydrogen-bond donors (Lipinski definition) is 2. The number of aromatic nitrogens is 4. The standard InChI is InChI=1S/C55H50N4O2/c1-2-3-22-45-52-41-27-12-8-23-37(41)47(56-52)34-49-39-25-10-14-29-43(39)54(58-49)46(31-17-18-33-61-51(60)32-16-7-21-36-19-5-4-6-20-36)55-44-30-15-11-26-40(44)50(59-55)35-48-38-24-9-13-28-42(38)53(45)57-48/h4-6,8-15,19-20,23-30,34-35,56,59H,2-3,7,16-18,21-22,31-33H2,1H3. The maximum Gasteiger partial charge on any atom is 0.305 e. The van der Waals surface area contributed by atoms with Crippen LogP contribution in [-0.2, 0) is 28.8 Å². The molecule has 0 saturated carbocycles. The second kappa shape index (κ2) is 17.1. The molecule has 5 heterocycles. The molecule has 10 rings (SSSR count). The van der Waals surface area contributed by atoms with Gasteiger partial charge in [-0.3, -0.25) is 4.79 Å². The number of H-pyrrole nitrogens is 2. The Morgan fingerprint density at radius 3 is 1.54 bits per heavy atom. The molecule has 0 unspecified atom stereocenters. The number of esters is 1. The van der Waals surface area contributed by atoms with Crippen molar-refractivity contribution < 1.29 is 9.53 Å². The monoisotopic (exact) mass is 798 g/mol. The predicted molar refractivity (Wildman–Crippen MR) is 251 cm³/mol. The van der Waals surface area contributed by atoms with Crippen LogP contribution in [0, 0.1) is 0 Å². The van der Waals surface area contributed by atoms with Crippen LogP contribution in [0.15, 0.2) is 140 Å². The number of rotatable bonds is 13. The van der Waals surface area contributed by atoms with Gasteiger partial charge in [0.25, 0.3) is 0 Å². The zero-order valence-corrected chi connectivity index (χ0v) is 34.8. The van der Waals surface area contributed by atoms with Crippen molar-refractivity contribution in [3.63, 3.8) is 0 Å². The summed E-state index contributed by atoms with van der Waals surface area (Å²) in [5, 5.41) is 4.66. The van der Waals surface area contributed by atoms with Gasteiger partial charge in [0, 0.05) is 72.4 Å². The maximum absolute atomic E-state index is 12.7. The smallest absolute Gasteiger partial charge is 0.305 e. The lowest BCUT2D eigenvalue weighted by Gasteiger charge is -2.08. The van der Waals surface area contributed by atoms with E-state index >= 15 is 0 Å². The quantitative estimate of drug-likeness (QED) is 0.0899. The van der Waals surface area contributed by atoms with E-state index in [2.05, 4.69) is 150 Å². The minimum atomic E-state index is -0.114. The normalized spacial score (nSPS) is 11.8. The summed E-state index contributed by atoms with van der Waals surface area (Å²) in [5.41, 5.74) is 16.4. The van der Waals surface area contributed by atoms with Crippen LogP contribution in [0.2, 0.25) is 0 Å². The topological polar surface area (TPSA) is 83.7 Å². The largest absolute Gasteiger partial charge is 0.466 e. The summed E-state index contributed by atoms with van der Waals surface area (Å²) in [5.74, 6) is -0.114. The van der Waals surface area contributed by atoms with Gasteiger partial charge in [-0.05, 0) is 69.1 Å². The number of carbonyl (C=O) groups excluding carboxylic acids is 1. The summed E-state index contributed by atoms with van der Waals surface area (Å²) in [4.78, 5) is 31.7. The van der Waals surface area contributed by atoms with Gasteiger partial charge >= 0.3 is 5.97 Å². The first-order valence-corrected chi connectivity index (χ1v) is 22.1. The lowest BCUT2D eigenvalue weighted by molar-refractivity contribution is -0.143. The van der Waals surface area contributed by atoms with Crippen molar-refractivity contribution in [3.05, 3.63) is 156 Å². The van der Waals surface area contributed by atoms with Crippen LogP contribution in [0.4, 0.5) is 0 Å². The third-order valence-electron chi connectivity index (χ3n) is 12.4. The van der Waals surface area contributed by atoms with E-state index < -0.39 is 0 Å². The summed E-state index contributed by atoms with van der Waals surface area (Å²) in [6.45, 7) is 2.66. The molecule has 6 nitrogen and oxygen atoms in total. The van der Waals surface area contributed by atoms with Gasteiger partial charge in [0.15, 0.2) is 0 Å². The SMILES string of the molecule is CCCCc1c2nc(cc3[nH]c(c(CCCCOC(=O)CCCCc4ccccc4)c4nc(cc5[nH]c1c1ccccc51)-c1ccccc1-4)c1ccccc31)-c1ccccc1-2. The first kappa shape index (κ1) is 38.4. The molecule has 2 aliphatic rings. The molecular weight excluding hydrogens is 749 g/mol. The summed E-state index contributed by atoms with van der Waals surface area (Å²) >= 11 is 0. The molecule has 0 saturated heterocycles. The van der Waals surface area contributed by atoms with Gasteiger partial charge in [0.05, 0.1) is 40.4 Å². The van der Waals surface area contributed by atoms with Gasteiger partial charge in [0.1, 0.15) is 0 Å². The Morgan fingerprint density at radius 1 is 0.508 bits per heavy atom. The number of unbranched alkanes of at least 4 members (excludes halogenated alkanes) is 3. The Morgan fingerprint density at radius 2 is 0.984 bits per heavy atom. The van der Waals surface area contributed by atoms with Crippen LogP contribution in [0.3, 0.4) is 0 Å². The number of hydrogen-bond acceptors (Lipinski definition) is 4. The fraction of sp³-hybridized carbons (Fsp3) is 0.218. The summed E-state index contributed by atoms with van der Waals surface area (Å²) in [6, 6.07) is 49.6. The van der Waals surface area contributed by atoms with Crippen molar-refractivity contribution >= 4 is 49.6 Å². The molecular formula is C55H50N4O2. The average Bonchev–Trinajstić information content (AvgIpc) is 4.06. The van der Waals surface area contributed by atoms with Gasteiger partial charge < -0.3 is 14.7 Å². The molecule has 0 spiro atoms. The third-order valence-corrected chi connectivity index (χ3v) is 12.4. The number of nitrogens with one attached hydrogen (secondary N) is 2. The summed E-state index contributed by atoms with van der Waals surface area (Å²) in [7, 11) is 0. The van der Waals surface area contributed by atoms with E-state index in [1.165, 1.54) is 21.9 Å². The molecule has 302 valence electrons. The fourth-order valence-corrected chi connectivity index (χ4v) is 9.36. The minimum Gasteiger partial charge on any atom is -0.466 e. The van der Waals surface area contributed by atoms with Gasteiger partial charge in [0.2, 0.25) is 0 Å². The van der Waals surface area contributed by atoms with Crippen LogP contribution < -0.4 is 0 Å². The van der Waals surface area contributed by atoms with Gasteiger partial charge in [-0.25, -0.2) is 9.97 Å². The van der Waals surface area contributed by atoms with Crippen molar-refractivity contribution in [1.29, 1.82) is 0 Å². The van der Waals surface area contributed by atoms with Crippen LogP contribution in [0.25, 0.3) is 88.6 Å². The Kier molecular flexibility index (Phi) is 10.7. The number of fused-ring (bicyclic) bond motifs is 20. The Labute approximate surface area is 356 Å². The fourth-order valence-electron chi connectivity index (χ4n) is 9.36. The molecule has 2 aliphatic heterocycles. The van der Waals surface area contributed by atoms with E-state index in [9.17, 15) is 4.79 Å². The van der Waals surface area contributed by atoms with Gasteiger partial charge in [-0.1, -0.05) is 141 Å². The molecule has 0 aliphatic carbocycles. The molecule has 6 heteroatoms. The molecule has 0 atom stereocenters. The van der Waals surface area contributed by atoms with Crippen molar-refractivity contribution in [3.8, 4) is 45.0 Å². The van der Waals surface area contributed by atoms with E-state index in [1.54, 1.807) is 0 Å². The number of ether oxygens (including phenoxy) is 1. The molecule has 0 amide bonds. The highest BCUT2D eigenvalue weighted by Gasteiger charge is 2.24.